The van der Waals surface area contributed by atoms with Crippen molar-refractivity contribution in [3.63, 3.8) is 0 Å². The van der Waals surface area contributed by atoms with Gasteiger partial charge in [0.05, 0.1) is 6.61 Å². The number of anilines is 1. The third kappa shape index (κ3) is 11.1. The fourth-order valence-corrected chi connectivity index (χ4v) is 16.8. The van der Waals surface area contributed by atoms with Gasteiger partial charge in [-0.2, -0.15) is 0 Å². The molecule has 1 saturated carbocycles. The predicted octanol–water partition coefficient (Wildman–Crippen LogP) is 21.2. The van der Waals surface area contributed by atoms with Crippen LogP contribution in [0.4, 0.5) is 5.69 Å². The molecule has 1 heterocycles. The van der Waals surface area contributed by atoms with Crippen LogP contribution < -0.4 is 9.64 Å². The molecule has 1 aliphatic heterocycles. The van der Waals surface area contributed by atoms with Crippen molar-refractivity contribution in [2.24, 2.45) is 29.6 Å². The minimum Gasteiger partial charge on any atom is -0.493 e. The molecule has 5 aromatic rings. The highest BCUT2D eigenvalue weighted by molar-refractivity contribution is 5.85. The van der Waals surface area contributed by atoms with Gasteiger partial charge >= 0.3 is 0 Å². The van der Waals surface area contributed by atoms with Crippen molar-refractivity contribution < 1.29 is 4.74 Å². The van der Waals surface area contributed by atoms with E-state index in [1.807, 2.05) is 12.2 Å². The summed E-state index contributed by atoms with van der Waals surface area (Å²) in [7, 11) is 0. The Labute approximate surface area is 504 Å². The predicted molar refractivity (Wildman–Crippen MR) is 355 cm³/mol. The highest BCUT2D eigenvalue weighted by Gasteiger charge is 2.48. The highest BCUT2D eigenvalue weighted by Crippen LogP contribution is 2.58. The molecular weight excluding hydrogens is 1020 g/mol. The van der Waals surface area contributed by atoms with E-state index in [4.69, 9.17) is 4.74 Å². The van der Waals surface area contributed by atoms with Gasteiger partial charge in [0.1, 0.15) is 5.75 Å². The lowest BCUT2D eigenvalue weighted by atomic mass is 9.67. The van der Waals surface area contributed by atoms with Crippen LogP contribution in [0.5, 0.6) is 5.75 Å². The van der Waals surface area contributed by atoms with E-state index in [9.17, 15) is 0 Å². The average Bonchev–Trinajstić information content (AvgIpc) is 1.85. The lowest BCUT2D eigenvalue weighted by molar-refractivity contribution is 0.133. The van der Waals surface area contributed by atoms with E-state index in [2.05, 4.69) is 213 Å². The zero-order chi connectivity index (χ0) is 57.2. The summed E-state index contributed by atoms with van der Waals surface area (Å²) in [6.45, 7) is 17.7. The van der Waals surface area contributed by atoms with Crippen LogP contribution in [-0.2, 0) is 5.41 Å². The summed E-state index contributed by atoms with van der Waals surface area (Å²) in [5.74, 6) is 4.29. The molecule has 430 valence electrons. The maximum absolute atomic E-state index is 6.32. The van der Waals surface area contributed by atoms with E-state index in [0.29, 0.717) is 47.6 Å². The molecular formula is C81H90N2O. The van der Waals surface area contributed by atoms with Crippen LogP contribution in [0.25, 0.3) is 23.3 Å². The molecule has 8 aliphatic rings. The van der Waals surface area contributed by atoms with Crippen LogP contribution in [0.15, 0.2) is 229 Å². The molecule has 7 aliphatic carbocycles. The number of ether oxygens (including phenoxy) is 1. The minimum atomic E-state index is -0.278. The van der Waals surface area contributed by atoms with Crippen molar-refractivity contribution in [2.45, 2.75) is 159 Å². The molecule has 9 atom stereocenters. The lowest BCUT2D eigenvalue weighted by Gasteiger charge is -2.43. The Hall–Kier alpha value is -7.10. The van der Waals surface area contributed by atoms with Gasteiger partial charge < -0.3 is 14.5 Å². The number of nitrogens with zero attached hydrogens (tertiary/aromatic N) is 2. The topological polar surface area (TPSA) is 15.7 Å². The van der Waals surface area contributed by atoms with E-state index < -0.39 is 0 Å². The van der Waals surface area contributed by atoms with Crippen molar-refractivity contribution in [2.75, 3.05) is 11.5 Å². The van der Waals surface area contributed by atoms with Crippen LogP contribution >= 0.6 is 0 Å². The molecule has 0 spiro atoms. The fourth-order valence-electron chi connectivity index (χ4n) is 16.8. The smallest absolute Gasteiger partial charge is 0.119 e. The van der Waals surface area contributed by atoms with E-state index in [1.54, 1.807) is 28.0 Å². The Morgan fingerprint density at radius 1 is 0.667 bits per heavy atom. The zero-order valence-electron chi connectivity index (χ0n) is 50.5. The monoisotopic (exact) mass is 1110 g/mol. The minimum absolute atomic E-state index is 0.278. The van der Waals surface area contributed by atoms with E-state index in [0.717, 1.165) is 75.7 Å². The average molecular weight is 1110 g/mol. The first-order valence-corrected chi connectivity index (χ1v) is 32.8. The van der Waals surface area contributed by atoms with Crippen molar-refractivity contribution in [3.8, 4) is 16.9 Å². The third-order valence-electron chi connectivity index (χ3n) is 21.3. The van der Waals surface area contributed by atoms with Gasteiger partial charge in [-0.25, -0.2) is 0 Å². The maximum atomic E-state index is 6.32. The standard InChI is InChI=1S/C81H90N2O/c1-6-58-25-31-61(32-26-58)62-35-43-70(44-36-62)83-79-49-39-65(63-33-27-59(7-2)28-34-63)51-75(79)76-52-66(40-50-80(76)83)64-37-41-69(42-38-64)82(68-19-13-10-14-20-68)71-45-48-74-73-21-15-16-22-77(73)81(78(74)53-71,67-17-11-9-12-18-67)54-56(4)23-24-57(5)55-84-72-46-29-60(8-3)30-47-72/h6-9,11-12,15-19,21-22,25-26,29-33,35,37,41,43,45-48,52-53,56-57,59,62,65,70,75,79H,1-3,10,13-14,20,23-24,27-28,34,36,38-40,42,44,49-51,54-55H2,4-5H3. The van der Waals surface area contributed by atoms with Crippen molar-refractivity contribution in [1.82, 2.24) is 4.90 Å². The molecule has 3 heteroatoms. The van der Waals surface area contributed by atoms with Crippen molar-refractivity contribution >= 4 is 17.8 Å². The second-order valence-electron chi connectivity index (χ2n) is 26.5. The first-order chi connectivity index (χ1) is 41.3. The molecule has 13 rings (SSSR count). The first-order valence-electron chi connectivity index (χ1n) is 32.8. The second kappa shape index (κ2) is 24.8. The van der Waals surface area contributed by atoms with Crippen molar-refractivity contribution in [1.29, 1.82) is 0 Å². The number of hydrogen-bond acceptors (Lipinski definition) is 3. The van der Waals surface area contributed by atoms with Gasteiger partial charge in [0.15, 0.2) is 0 Å². The molecule has 3 nitrogen and oxygen atoms in total. The van der Waals surface area contributed by atoms with E-state index in [-0.39, 0.29) is 5.41 Å². The summed E-state index contributed by atoms with van der Waals surface area (Å²) in [4.78, 5) is 5.71. The number of allylic oxidation sites excluding steroid dienone is 13. The molecule has 0 radical (unpaired) electrons. The Morgan fingerprint density at radius 3 is 2.17 bits per heavy atom. The van der Waals surface area contributed by atoms with Gasteiger partial charge in [0.25, 0.3) is 0 Å². The van der Waals surface area contributed by atoms with E-state index >= 15 is 0 Å². The Balaban J connectivity index is 0.800. The normalized spacial score (nSPS) is 26.0. The summed E-state index contributed by atoms with van der Waals surface area (Å²) in [5, 5.41) is 0. The molecule has 84 heavy (non-hydrogen) atoms. The van der Waals surface area contributed by atoms with Crippen LogP contribution in [0.3, 0.4) is 0 Å². The van der Waals surface area contributed by atoms with Crippen LogP contribution in [0, 0.1) is 29.6 Å². The lowest BCUT2D eigenvalue weighted by Crippen LogP contribution is -2.44. The van der Waals surface area contributed by atoms with Crippen molar-refractivity contribution in [3.05, 3.63) is 262 Å². The number of hydrogen-bond donors (Lipinski definition) is 0. The largest absolute Gasteiger partial charge is 0.493 e. The van der Waals surface area contributed by atoms with Gasteiger partial charge in [-0.05, 0) is 231 Å². The summed E-state index contributed by atoms with van der Waals surface area (Å²) < 4.78 is 6.32. The fraction of sp³-hybridized carbons (Fsp3) is 0.383. The quantitative estimate of drug-likeness (QED) is 0.0767. The van der Waals surface area contributed by atoms with Crippen LogP contribution in [0.1, 0.15) is 175 Å². The highest BCUT2D eigenvalue weighted by atomic mass is 16.5. The Morgan fingerprint density at radius 2 is 1.44 bits per heavy atom. The Bertz CT molecular complexity index is 3470. The van der Waals surface area contributed by atoms with Gasteiger partial charge in [-0.1, -0.05) is 191 Å². The molecule has 0 amide bonds. The summed E-state index contributed by atoms with van der Waals surface area (Å²) >= 11 is 0. The SMILES string of the molecule is C=Cc1ccc(OCC(C)CCC(C)CC2(c3ccccc3)c3ccccc3-c3ccc(N(C4=CCCCC4)C4=CC=C(C5=CC6=C(CC5)N(C5C=CC(c7ccc(C=C)cc7)CC5)C5CCC(C7=CCC(C=C)CC7)CC65)CC4)cc32)cc1. The Kier molecular flexibility index (Phi) is 16.6. The summed E-state index contributed by atoms with van der Waals surface area (Å²) in [6.07, 6.45) is 46.8. The van der Waals surface area contributed by atoms with Crippen LogP contribution in [-0.4, -0.2) is 23.6 Å². The van der Waals surface area contributed by atoms with Gasteiger partial charge in [-0.15, -0.1) is 6.58 Å². The molecule has 1 fully saturated rings. The molecule has 5 aromatic carbocycles. The molecule has 0 bridgehead atoms. The zero-order valence-corrected chi connectivity index (χ0v) is 50.5. The third-order valence-corrected chi connectivity index (χ3v) is 21.3. The van der Waals surface area contributed by atoms with Gasteiger partial charge in [0, 0.05) is 52.1 Å². The van der Waals surface area contributed by atoms with Crippen LogP contribution in [0.2, 0.25) is 0 Å². The van der Waals surface area contributed by atoms with Gasteiger partial charge in [0.2, 0.25) is 0 Å². The summed E-state index contributed by atoms with van der Waals surface area (Å²) in [6, 6.07) is 46.9. The number of benzene rings is 5. The number of fused-ring (bicyclic) bond motifs is 5. The number of rotatable bonds is 19. The first kappa shape index (κ1) is 56.1. The maximum Gasteiger partial charge on any atom is 0.119 e. The molecule has 0 saturated heterocycles. The molecule has 9 unspecified atom stereocenters. The van der Waals surface area contributed by atoms with E-state index in [1.165, 1.54) is 120 Å². The van der Waals surface area contributed by atoms with Gasteiger partial charge in [-0.3, -0.25) is 0 Å². The summed E-state index contributed by atoms with van der Waals surface area (Å²) in [5.41, 5.74) is 23.1. The molecule has 0 N–H and O–H groups in total. The second-order valence-corrected chi connectivity index (χ2v) is 26.5. The molecule has 0 aromatic heterocycles.